The number of pyridine rings is 1. The van der Waals surface area contributed by atoms with Gasteiger partial charge in [-0.15, -0.1) is 0 Å². The number of rotatable bonds is 3. The van der Waals surface area contributed by atoms with Crippen LogP contribution in [0.5, 0.6) is 0 Å². The summed E-state index contributed by atoms with van der Waals surface area (Å²) in [5.41, 5.74) is 3.89. The normalized spacial score (nSPS) is 12.0. The minimum Gasteiger partial charge on any atom is -0.339 e. The molecule has 29 heavy (non-hydrogen) atoms. The second kappa shape index (κ2) is 6.29. The molecule has 0 saturated carbocycles. The Bertz CT molecular complexity index is 1530. The number of aromatic amines is 1. The van der Waals surface area contributed by atoms with E-state index in [4.69, 9.17) is 4.98 Å². The molecule has 0 bridgehead atoms. The van der Waals surface area contributed by atoms with Crippen LogP contribution in [0.1, 0.15) is 11.1 Å². The third kappa shape index (κ3) is 2.66. The van der Waals surface area contributed by atoms with Crippen LogP contribution in [0, 0.1) is 6.92 Å². The van der Waals surface area contributed by atoms with Crippen molar-refractivity contribution in [2.75, 3.05) is 0 Å². The summed E-state index contributed by atoms with van der Waals surface area (Å²) in [5.74, 6) is 0. The fourth-order valence-electron chi connectivity index (χ4n) is 3.79. The maximum absolute atomic E-state index is 13.5. The molecule has 5 heteroatoms. The minimum atomic E-state index is -3.77. The molecule has 0 amide bonds. The average Bonchev–Trinajstić information content (AvgIpc) is 3.10. The number of nitrogens with one attached hydrogen (secondary N) is 1. The van der Waals surface area contributed by atoms with Gasteiger partial charge in [0.25, 0.3) is 0 Å². The maximum Gasteiger partial charge on any atom is 0.206 e. The van der Waals surface area contributed by atoms with Crippen molar-refractivity contribution in [3.05, 3.63) is 90.5 Å². The highest BCUT2D eigenvalue weighted by atomic mass is 32.2. The van der Waals surface area contributed by atoms with Crippen LogP contribution in [-0.4, -0.2) is 18.4 Å². The van der Waals surface area contributed by atoms with Gasteiger partial charge in [0.05, 0.1) is 15.3 Å². The number of benzene rings is 3. The Morgan fingerprint density at radius 3 is 2.31 bits per heavy atom. The molecule has 142 valence electrons. The molecule has 3 aromatic carbocycles. The first kappa shape index (κ1) is 17.6. The SMILES string of the molecule is C=C(c1c2ccccc2nc2[nH]c3ccccc3c12)S(=O)(=O)c1ccc(C)cc1. The van der Waals surface area contributed by atoms with E-state index < -0.39 is 9.84 Å². The van der Waals surface area contributed by atoms with Gasteiger partial charge in [-0.3, -0.25) is 0 Å². The topological polar surface area (TPSA) is 62.8 Å². The van der Waals surface area contributed by atoms with E-state index in [0.29, 0.717) is 11.2 Å². The third-order valence-corrected chi connectivity index (χ3v) is 7.02. The van der Waals surface area contributed by atoms with Gasteiger partial charge in [-0.2, -0.15) is 0 Å². The average molecular weight is 398 g/mol. The quantitative estimate of drug-likeness (QED) is 0.429. The van der Waals surface area contributed by atoms with E-state index in [1.165, 1.54) is 0 Å². The molecule has 0 aliphatic carbocycles. The van der Waals surface area contributed by atoms with Gasteiger partial charge in [0.2, 0.25) is 9.84 Å². The van der Waals surface area contributed by atoms with E-state index in [1.807, 2.05) is 55.5 Å². The lowest BCUT2D eigenvalue weighted by Gasteiger charge is -2.13. The molecule has 0 spiro atoms. The van der Waals surface area contributed by atoms with Crippen molar-refractivity contribution >= 4 is 47.6 Å². The van der Waals surface area contributed by atoms with Crippen LogP contribution in [0.25, 0.3) is 37.7 Å². The zero-order valence-corrected chi connectivity index (χ0v) is 16.6. The first-order valence-electron chi connectivity index (χ1n) is 9.27. The summed E-state index contributed by atoms with van der Waals surface area (Å²) in [4.78, 5) is 8.37. The van der Waals surface area contributed by atoms with Gasteiger partial charge in [-0.25, -0.2) is 13.4 Å². The fraction of sp³-hybridized carbons (Fsp3) is 0.0417. The molecule has 0 aliphatic rings. The molecule has 0 fully saturated rings. The lowest BCUT2D eigenvalue weighted by molar-refractivity contribution is 0.606. The first-order chi connectivity index (χ1) is 14.0. The van der Waals surface area contributed by atoms with Crippen LogP contribution in [0.4, 0.5) is 0 Å². The van der Waals surface area contributed by atoms with Crippen LogP contribution in [0.2, 0.25) is 0 Å². The zero-order valence-electron chi connectivity index (χ0n) is 15.8. The Labute approximate surface area is 168 Å². The third-order valence-electron chi connectivity index (χ3n) is 5.28. The molecule has 0 unspecified atom stereocenters. The molecule has 5 aromatic rings. The highest BCUT2D eigenvalue weighted by Crippen LogP contribution is 2.39. The number of H-pyrrole nitrogens is 1. The van der Waals surface area contributed by atoms with Crippen molar-refractivity contribution in [3.8, 4) is 0 Å². The number of aromatic nitrogens is 2. The van der Waals surface area contributed by atoms with E-state index in [-0.39, 0.29) is 9.80 Å². The Kier molecular flexibility index (Phi) is 3.83. The van der Waals surface area contributed by atoms with Crippen molar-refractivity contribution < 1.29 is 8.42 Å². The Morgan fingerprint density at radius 1 is 0.897 bits per heavy atom. The van der Waals surface area contributed by atoms with Gasteiger partial charge < -0.3 is 4.98 Å². The summed E-state index contributed by atoms with van der Waals surface area (Å²) in [6.45, 7) is 5.98. The molecular formula is C24H18N2O2S. The Balaban J connectivity index is 1.89. The highest BCUT2D eigenvalue weighted by Gasteiger charge is 2.25. The van der Waals surface area contributed by atoms with E-state index in [2.05, 4.69) is 11.6 Å². The summed E-state index contributed by atoms with van der Waals surface area (Å²) in [6.07, 6.45) is 0. The lowest BCUT2D eigenvalue weighted by Crippen LogP contribution is -2.05. The van der Waals surface area contributed by atoms with Gasteiger partial charge in [0, 0.05) is 27.2 Å². The summed E-state index contributed by atoms with van der Waals surface area (Å²) < 4.78 is 26.9. The van der Waals surface area contributed by atoms with E-state index in [1.54, 1.807) is 24.3 Å². The van der Waals surface area contributed by atoms with Gasteiger partial charge >= 0.3 is 0 Å². The zero-order chi connectivity index (χ0) is 20.2. The number of sulfone groups is 1. The molecule has 0 atom stereocenters. The maximum atomic E-state index is 13.5. The predicted molar refractivity (Wildman–Crippen MR) is 119 cm³/mol. The van der Waals surface area contributed by atoms with E-state index in [0.717, 1.165) is 32.8 Å². The number of para-hydroxylation sites is 2. The molecule has 1 N–H and O–H groups in total. The first-order valence-corrected chi connectivity index (χ1v) is 10.8. The van der Waals surface area contributed by atoms with Crippen molar-refractivity contribution in [2.45, 2.75) is 11.8 Å². The van der Waals surface area contributed by atoms with Crippen LogP contribution >= 0.6 is 0 Å². The number of nitrogens with zero attached hydrogens (tertiary/aromatic N) is 1. The monoisotopic (exact) mass is 398 g/mol. The van der Waals surface area contributed by atoms with Gasteiger partial charge in [0.15, 0.2) is 0 Å². The van der Waals surface area contributed by atoms with Crippen LogP contribution in [0.15, 0.2) is 84.3 Å². The van der Waals surface area contributed by atoms with Crippen molar-refractivity contribution in [1.29, 1.82) is 0 Å². The van der Waals surface area contributed by atoms with Gasteiger partial charge in [-0.05, 0) is 31.2 Å². The number of fused-ring (bicyclic) bond motifs is 4. The second-order valence-electron chi connectivity index (χ2n) is 7.14. The Morgan fingerprint density at radius 2 is 1.55 bits per heavy atom. The van der Waals surface area contributed by atoms with Crippen LogP contribution < -0.4 is 0 Å². The molecule has 5 rings (SSSR count). The molecule has 0 saturated heterocycles. The molecule has 2 heterocycles. The minimum absolute atomic E-state index is 0.0784. The molecule has 0 aliphatic heterocycles. The fourth-order valence-corrected chi connectivity index (χ4v) is 5.05. The lowest BCUT2D eigenvalue weighted by atomic mass is 10.0. The Hall–Kier alpha value is -3.44. The standard InChI is InChI=1S/C24H18N2O2S/c1-15-11-13-17(14-12-15)29(27,28)16(2)22-18-7-3-5-9-20(18)25-24-23(22)19-8-4-6-10-21(19)26-24/h3-14H,2H2,1H3,(H,25,26). The van der Waals surface area contributed by atoms with E-state index in [9.17, 15) is 8.42 Å². The smallest absolute Gasteiger partial charge is 0.206 e. The predicted octanol–water partition coefficient (Wildman–Crippen LogP) is 5.62. The van der Waals surface area contributed by atoms with Gasteiger partial charge in [0.1, 0.15) is 5.65 Å². The summed E-state index contributed by atoms with van der Waals surface area (Å²) in [7, 11) is -3.77. The second-order valence-corrected chi connectivity index (χ2v) is 9.11. The molecule has 4 nitrogen and oxygen atoms in total. The molecule has 2 aromatic heterocycles. The van der Waals surface area contributed by atoms with E-state index >= 15 is 0 Å². The van der Waals surface area contributed by atoms with Gasteiger partial charge in [-0.1, -0.05) is 60.7 Å². The van der Waals surface area contributed by atoms with Crippen LogP contribution in [0.3, 0.4) is 0 Å². The largest absolute Gasteiger partial charge is 0.339 e. The number of hydrogen-bond donors (Lipinski definition) is 1. The van der Waals surface area contributed by atoms with Crippen molar-refractivity contribution in [1.82, 2.24) is 9.97 Å². The molecular weight excluding hydrogens is 380 g/mol. The number of aryl methyl sites for hydroxylation is 1. The number of hydrogen-bond acceptors (Lipinski definition) is 3. The van der Waals surface area contributed by atoms with Crippen molar-refractivity contribution in [3.63, 3.8) is 0 Å². The van der Waals surface area contributed by atoms with Crippen LogP contribution in [-0.2, 0) is 9.84 Å². The van der Waals surface area contributed by atoms with Crippen molar-refractivity contribution in [2.24, 2.45) is 0 Å². The molecule has 0 radical (unpaired) electrons. The highest BCUT2D eigenvalue weighted by molar-refractivity contribution is 8.00. The summed E-state index contributed by atoms with van der Waals surface area (Å²) >= 11 is 0. The summed E-state index contributed by atoms with van der Waals surface area (Å²) in [5, 5.41) is 2.47. The summed E-state index contributed by atoms with van der Waals surface area (Å²) in [6, 6.07) is 22.2.